The Labute approximate surface area is 191 Å². The molecule has 1 aromatic carbocycles. The number of nitrogens with one attached hydrogen (secondary N) is 1. The lowest BCUT2D eigenvalue weighted by Gasteiger charge is -2.20. The van der Waals surface area contributed by atoms with E-state index in [-0.39, 0.29) is 17.2 Å². The standard InChI is InChI=1S/C19H20Br2N4O4S/c1-12(20)9-15(10-13(2)21)25-23-14(3)16(24-25)11-22-30(26,27)18-6-4-5-17-19(18)29-8-7-28-17/h4-6,9-10,22H,1,7-8,11H2,2-3H3/b13-10+,15-9+. The Balaban J connectivity index is 1.85. The van der Waals surface area contributed by atoms with Crippen LogP contribution in [0.5, 0.6) is 11.5 Å². The summed E-state index contributed by atoms with van der Waals surface area (Å²) in [5, 5.41) is 8.82. The predicted molar refractivity (Wildman–Crippen MR) is 121 cm³/mol. The maximum absolute atomic E-state index is 12.9. The van der Waals surface area contributed by atoms with Gasteiger partial charge in [0.05, 0.1) is 17.9 Å². The van der Waals surface area contributed by atoms with Crippen LogP contribution in [0, 0.1) is 6.92 Å². The van der Waals surface area contributed by atoms with E-state index in [2.05, 4.69) is 53.4 Å². The molecular formula is C19H20Br2N4O4S. The van der Waals surface area contributed by atoms with Crippen LogP contribution in [0.4, 0.5) is 0 Å². The molecule has 8 nitrogen and oxygen atoms in total. The number of hydrogen-bond donors (Lipinski definition) is 1. The zero-order valence-electron chi connectivity index (χ0n) is 16.4. The Bertz CT molecular complexity index is 1140. The summed E-state index contributed by atoms with van der Waals surface area (Å²) in [5.41, 5.74) is 1.75. The van der Waals surface area contributed by atoms with Crippen molar-refractivity contribution in [2.75, 3.05) is 13.2 Å². The lowest BCUT2D eigenvalue weighted by molar-refractivity contribution is 0.167. The van der Waals surface area contributed by atoms with Gasteiger partial charge in [-0.1, -0.05) is 44.5 Å². The third-order valence-electron chi connectivity index (χ3n) is 4.01. The molecule has 0 atom stereocenters. The van der Waals surface area contributed by atoms with Gasteiger partial charge in [0.25, 0.3) is 0 Å². The number of sulfonamides is 1. The van der Waals surface area contributed by atoms with Crippen LogP contribution in [0.25, 0.3) is 5.70 Å². The molecule has 2 heterocycles. The van der Waals surface area contributed by atoms with Crippen LogP contribution in [0.2, 0.25) is 0 Å². The van der Waals surface area contributed by atoms with Gasteiger partial charge in [0.1, 0.15) is 23.8 Å². The molecule has 2 aromatic rings. The highest BCUT2D eigenvalue weighted by Gasteiger charge is 2.25. The Kier molecular flexibility index (Phi) is 7.17. The number of hydrogen-bond acceptors (Lipinski definition) is 6. The fourth-order valence-electron chi connectivity index (χ4n) is 2.71. The molecule has 3 rings (SSSR count). The molecule has 0 amide bonds. The van der Waals surface area contributed by atoms with E-state index in [1.165, 1.54) is 10.9 Å². The summed E-state index contributed by atoms with van der Waals surface area (Å²) in [4.78, 5) is 1.45. The molecule has 0 saturated carbocycles. The molecule has 0 radical (unpaired) electrons. The van der Waals surface area contributed by atoms with Gasteiger partial charge in [0.2, 0.25) is 10.0 Å². The summed E-state index contributed by atoms with van der Waals surface area (Å²) in [6, 6.07) is 4.77. The van der Waals surface area contributed by atoms with Gasteiger partial charge >= 0.3 is 0 Å². The average Bonchev–Trinajstić information content (AvgIpc) is 3.05. The quantitative estimate of drug-likeness (QED) is 0.517. The molecule has 1 N–H and O–H groups in total. The first-order valence-electron chi connectivity index (χ1n) is 8.89. The van der Waals surface area contributed by atoms with Crippen molar-refractivity contribution >= 4 is 47.6 Å². The molecule has 0 bridgehead atoms. The molecular weight excluding hydrogens is 540 g/mol. The minimum absolute atomic E-state index is 0.0266. The Morgan fingerprint density at radius 3 is 2.70 bits per heavy atom. The second-order valence-electron chi connectivity index (χ2n) is 6.37. The number of nitrogens with zero attached hydrogens (tertiary/aromatic N) is 3. The van der Waals surface area contributed by atoms with E-state index in [1.807, 2.05) is 13.0 Å². The lowest BCUT2D eigenvalue weighted by atomic mass is 10.3. The summed E-state index contributed by atoms with van der Waals surface area (Å²) < 4.78 is 40.8. The molecule has 11 heteroatoms. The number of fused-ring (bicyclic) bond motifs is 1. The zero-order chi connectivity index (χ0) is 21.9. The predicted octanol–water partition coefficient (Wildman–Crippen LogP) is 3.88. The largest absolute Gasteiger partial charge is 0.486 e. The second kappa shape index (κ2) is 9.46. The van der Waals surface area contributed by atoms with Crippen molar-refractivity contribution in [3.8, 4) is 11.5 Å². The van der Waals surface area contributed by atoms with Gasteiger partial charge in [-0.15, -0.1) is 0 Å². The highest BCUT2D eigenvalue weighted by molar-refractivity contribution is 9.12. The molecule has 0 spiro atoms. The molecule has 0 unspecified atom stereocenters. The fraction of sp³-hybridized carbons (Fsp3) is 0.263. The highest BCUT2D eigenvalue weighted by Crippen LogP contribution is 2.36. The zero-order valence-corrected chi connectivity index (χ0v) is 20.3. The topological polar surface area (TPSA) is 95.3 Å². The maximum Gasteiger partial charge on any atom is 0.244 e. The van der Waals surface area contributed by atoms with Gasteiger partial charge in [0, 0.05) is 4.48 Å². The number of aromatic nitrogens is 3. The van der Waals surface area contributed by atoms with Crippen LogP contribution in [-0.2, 0) is 16.6 Å². The van der Waals surface area contributed by atoms with Gasteiger partial charge < -0.3 is 9.47 Å². The number of rotatable bonds is 7. The fourth-order valence-corrected chi connectivity index (χ4v) is 4.32. The van der Waals surface area contributed by atoms with Crippen LogP contribution < -0.4 is 14.2 Å². The SMILES string of the molecule is C=C(Br)/C=C(\C=C(/C)Br)n1nc(C)c(CNS(=O)(=O)c2cccc3c2OCCO3)n1. The molecule has 0 fully saturated rings. The summed E-state index contributed by atoms with van der Waals surface area (Å²) in [7, 11) is -3.85. The van der Waals surface area contributed by atoms with E-state index in [4.69, 9.17) is 9.47 Å². The number of para-hydroxylation sites is 1. The summed E-state index contributed by atoms with van der Waals surface area (Å²) >= 11 is 6.70. The number of ether oxygens (including phenoxy) is 2. The van der Waals surface area contributed by atoms with E-state index in [0.29, 0.717) is 40.5 Å². The summed E-state index contributed by atoms with van der Waals surface area (Å²) in [6.45, 7) is 8.09. The summed E-state index contributed by atoms with van der Waals surface area (Å²) in [5.74, 6) is 0.628. The van der Waals surface area contributed by atoms with E-state index >= 15 is 0 Å². The highest BCUT2D eigenvalue weighted by atomic mass is 79.9. The van der Waals surface area contributed by atoms with E-state index in [0.717, 1.165) is 4.48 Å². The minimum atomic E-state index is -3.85. The molecule has 1 aliphatic heterocycles. The smallest absolute Gasteiger partial charge is 0.244 e. The van der Waals surface area contributed by atoms with Crippen LogP contribution in [0.15, 0.2) is 50.8 Å². The van der Waals surface area contributed by atoms with Gasteiger partial charge in [0.15, 0.2) is 11.5 Å². The minimum Gasteiger partial charge on any atom is -0.486 e. The van der Waals surface area contributed by atoms with Crippen molar-refractivity contribution in [2.45, 2.75) is 25.3 Å². The molecule has 1 aliphatic rings. The second-order valence-corrected chi connectivity index (χ2v) is 10.4. The van der Waals surface area contributed by atoms with Gasteiger partial charge in [-0.25, -0.2) is 13.1 Å². The molecule has 30 heavy (non-hydrogen) atoms. The third kappa shape index (κ3) is 5.39. The van der Waals surface area contributed by atoms with Gasteiger partial charge in [-0.3, -0.25) is 0 Å². The first kappa shape index (κ1) is 22.7. The van der Waals surface area contributed by atoms with Gasteiger partial charge in [-0.2, -0.15) is 15.0 Å². The molecule has 160 valence electrons. The first-order valence-corrected chi connectivity index (χ1v) is 12.0. The molecule has 0 saturated heterocycles. The monoisotopic (exact) mass is 558 g/mol. The molecule has 0 aliphatic carbocycles. The van der Waals surface area contributed by atoms with Crippen molar-refractivity contribution in [1.29, 1.82) is 0 Å². The number of allylic oxidation sites excluding steroid dienone is 5. The number of halogens is 2. The van der Waals surface area contributed by atoms with Crippen LogP contribution in [0.1, 0.15) is 18.3 Å². The van der Waals surface area contributed by atoms with Gasteiger partial charge in [-0.05, 0) is 42.6 Å². The number of benzene rings is 1. The Hall–Kier alpha value is -1.95. The van der Waals surface area contributed by atoms with Crippen molar-refractivity contribution in [3.05, 3.63) is 57.3 Å². The van der Waals surface area contributed by atoms with Crippen molar-refractivity contribution < 1.29 is 17.9 Å². The first-order chi connectivity index (χ1) is 14.2. The van der Waals surface area contributed by atoms with Crippen LogP contribution >= 0.6 is 31.9 Å². The normalized spacial score (nSPS) is 14.7. The average molecular weight is 560 g/mol. The van der Waals surface area contributed by atoms with Crippen molar-refractivity contribution in [2.24, 2.45) is 0 Å². The van der Waals surface area contributed by atoms with E-state index in [1.54, 1.807) is 25.1 Å². The Morgan fingerprint density at radius 1 is 1.27 bits per heavy atom. The molecule has 1 aromatic heterocycles. The third-order valence-corrected chi connectivity index (χ3v) is 5.89. The Morgan fingerprint density at radius 2 is 2.00 bits per heavy atom. The van der Waals surface area contributed by atoms with Crippen molar-refractivity contribution in [3.63, 3.8) is 0 Å². The maximum atomic E-state index is 12.9. The summed E-state index contributed by atoms with van der Waals surface area (Å²) in [6.07, 6.45) is 3.58. The van der Waals surface area contributed by atoms with Crippen LogP contribution in [-0.4, -0.2) is 36.6 Å². The van der Waals surface area contributed by atoms with E-state index < -0.39 is 10.0 Å². The lowest BCUT2D eigenvalue weighted by Crippen LogP contribution is -2.26. The van der Waals surface area contributed by atoms with Crippen LogP contribution in [0.3, 0.4) is 0 Å². The van der Waals surface area contributed by atoms with E-state index in [9.17, 15) is 8.42 Å². The number of aryl methyl sites for hydroxylation is 1. The van der Waals surface area contributed by atoms with Crippen molar-refractivity contribution in [1.82, 2.24) is 19.7 Å².